The normalized spacial score (nSPS) is 14.4. The average Bonchev–Trinajstić information content (AvgIpc) is 2.73. The maximum absolute atomic E-state index is 12.1. The van der Waals surface area contributed by atoms with Crippen molar-refractivity contribution in [1.82, 2.24) is 4.90 Å². The van der Waals surface area contributed by atoms with Crippen LogP contribution in [0, 0.1) is 0 Å². The van der Waals surface area contributed by atoms with Crippen LogP contribution in [0.25, 0.3) is 6.08 Å². The van der Waals surface area contributed by atoms with Crippen molar-refractivity contribution in [2.75, 3.05) is 36.4 Å². The van der Waals surface area contributed by atoms with E-state index in [-0.39, 0.29) is 11.8 Å². The van der Waals surface area contributed by atoms with Gasteiger partial charge in [-0.1, -0.05) is 48.9 Å². The highest BCUT2D eigenvalue weighted by Gasteiger charge is 2.21. The molecule has 0 bridgehead atoms. The average molecular weight is 398 g/mol. The summed E-state index contributed by atoms with van der Waals surface area (Å²) in [5, 5.41) is 3.41. The van der Waals surface area contributed by atoms with Gasteiger partial charge in [-0.2, -0.15) is 0 Å². The lowest BCUT2D eigenvalue weighted by Crippen LogP contribution is -2.48. The molecule has 28 heavy (non-hydrogen) atoms. The van der Waals surface area contributed by atoms with E-state index in [4.69, 9.17) is 11.6 Å². The van der Waals surface area contributed by atoms with Crippen LogP contribution >= 0.6 is 11.6 Å². The monoisotopic (exact) mass is 397 g/mol. The first-order valence-corrected chi connectivity index (χ1v) is 9.81. The fraction of sp³-hybridized carbons (Fsp3) is 0.273. The SMILES string of the molecule is CCC(=O)N1CCN(c2ccc(NC(=O)/C=C/c3ccccc3)cc2Cl)CC1. The second-order valence-corrected chi connectivity index (χ2v) is 7.03. The van der Waals surface area contributed by atoms with E-state index in [0.29, 0.717) is 30.2 Å². The number of piperazine rings is 1. The van der Waals surface area contributed by atoms with Crippen LogP contribution in [0.3, 0.4) is 0 Å². The largest absolute Gasteiger partial charge is 0.367 e. The molecule has 6 heteroatoms. The molecule has 1 heterocycles. The van der Waals surface area contributed by atoms with Gasteiger partial charge in [-0.15, -0.1) is 0 Å². The smallest absolute Gasteiger partial charge is 0.248 e. The van der Waals surface area contributed by atoms with Gasteiger partial charge in [0.15, 0.2) is 0 Å². The molecule has 0 radical (unpaired) electrons. The number of hydrogen-bond acceptors (Lipinski definition) is 3. The van der Waals surface area contributed by atoms with Gasteiger partial charge in [-0.05, 0) is 29.8 Å². The summed E-state index contributed by atoms with van der Waals surface area (Å²) < 4.78 is 0. The minimum absolute atomic E-state index is 0.187. The first kappa shape index (κ1) is 20.0. The Morgan fingerprint density at radius 2 is 1.79 bits per heavy atom. The lowest BCUT2D eigenvalue weighted by Gasteiger charge is -2.36. The first-order valence-electron chi connectivity index (χ1n) is 9.43. The van der Waals surface area contributed by atoms with Crippen LogP contribution in [0.1, 0.15) is 18.9 Å². The van der Waals surface area contributed by atoms with E-state index in [9.17, 15) is 9.59 Å². The number of rotatable bonds is 5. The summed E-state index contributed by atoms with van der Waals surface area (Å²) >= 11 is 6.45. The zero-order chi connectivity index (χ0) is 19.9. The van der Waals surface area contributed by atoms with E-state index in [1.54, 1.807) is 12.1 Å². The molecule has 2 aromatic carbocycles. The molecule has 2 aromatic rings. The maximum atomic E-state index is 12.1. The second kappa shape index (κ2) is 9.42. The topological polar surface area (TPSA) is 52.7 Å². The minimum atomic E-state index is -0.209. The van der Waals surface area contributed by atoms with E-state index in [2.05, 4.69) is 10.2 Å². The molecule has 0 spiro atoms. The van der Waals surface area contributed by atoms with Gasteiger partial charge in [-0.25, -0.2) is 0 Å². The molecule has 5 nitrogen and oxygen atoms in total. The second-order valence-electron chi connectivity index (χ2n) is 6.62. The molecule has 0 saturated carbocycles. The number of nitrogens with one attached hydrogen (secondary N) is 1. The molecule has 0 aromatic heterocycles. The van der Waals surface area contributed by atoms with Gasteiger partial charge in [0.05, 0.1) is 10.7 Å². The van der Waals surface area contributed by atoms with Gasteiger partial charge < -0.3 is 15.1 Å². The Morgan fingerprint density at radius 1 is 1.07 bits per heavy atom. The van der Waals surface area contributed by atoms with Crippen molar-refractivity contribution in [3.63, 3.8) is 0 Å². The summed E-state index contributed by atoms with van der Waals surface area (Å²) in [7, 11) is 0. The highest BCUT2D eigenvalue weighted by Crippen LogP contribution is 2.29. The Balaban J connectivity index is 1.59. The molecular weight excluding hydrogens is 374 g/mol. The molecule has 146 valence electrons. The molecule has 1 fully saturated rings. The molecule has 0 aliphatic carbocycles. The van der Waals surface area contributed by atoms with Gasteiger partial charge in [0.25, 0.3) is 0 Å². The van der Waals surface area contributed by atoms with E-state index >= 15 is 0 Å². The Labute approximate surface area is 170 Å². The van der Waals surface area contributed by atoms with E-state index in [1.165, 1.54) is 6.08 Å². The van der Waals surface area contributed by atoms with E-state index in [0.717, 1.165) is 24.3 Å². The van der Waals surface area contributed by atoms with E-state index in [1.807, 2.05) is 54.3 Å². The summed E-state index contributed by atoms with van der Waals surface area (Å²) in [4.78, 5) is 28.0. The predicted octanol–water partition coefficient (Wildman–Crippen LogP) is 4.05. The van der Waals surface area contributed by atoms with Gasteiger partial charge in [0.2, 0.25) is 11.8 Å². The summed E-state index contributed by atoms with van der Waals surface area (Å²) in [5.74, 6) is -0.0215. The van der Waals surface area contributed by atoms with Crippen molar-refractivity contribution in [2.24, 2.45) is 0 Å². The van der Waals surface area contributed by atoms with Crippen LogP contribution < -0.4 is 10.2 Å². The summed E-state index contributed by atoms with van der Waals surface area (Å²) in [6.45, 7) is 4.78. The van der Waals surface area contributed by atoms with Crippen molar-refractivity contribution in [2.45, 2.75) is 13.3 Å². The van der Waals surface area contributed by atoms with Gasteiger partial charge in [-0.3, -0.25) is 9.59 Å². The number of carbonyl (C=O) groups is 2. The fourth-order valence-corrected chi connectivity index (χ4v) is 3.48. The summed E-state index contributed by atoms with van der Waals surface area (Å²) in [6.07, 6.45) is 3.80. The van der Waals surface area contributed by atoms with Crippen LogP contribution in [0.5, 0.6) is 0 Å². The van der Waals surface area contributed by atoms with Crippen molar-refractivity contribution < 1.29 is 9.59 Å². The minimum Gasteiger partial charge on any atom is -0.367 e. The highest BCUT2D eigenvalue weighted by atomic mass is 35.5. The molecule has 1 N–H and O–H groups in total. The number of carbonyl (C=O) groups excluding carboxylic acids is 2. The third-order valence-electron chi connectivity index (χ3n) is 4.72. The van der Waals surface area contributed by atoms with Crippen LogP contribution in [-0.4, -0.2) is 42.9 Å². The number of amides is 2. The zero-order valence-corrected chi connectivity index (χ0v) is 16.7. The highest BCUT2D eigenvalue weighted by molar-refractivity contribution is 6.33. The number of anilines is 2. The molecule has 3 rings (SSSR count). The molecular formula is C22H24ClN3O2. The molecule has 0 unspecified atom stereocenters. The molecule has 1 saturated heterocycles. The van der Waals surface area contributed by atoms with Gasteiger partial charge >= 0.3 is 0 Å². The maximum Gasteiger partial charge on any atom is 0.248 e. The summed E-state index contributed by atoms with van der Waals surface area (Å²) in [5.41, 5.74) is 2.53. The van der Waals surface area contributed by atoms with Gasteiger partial charge in [0, 0.05) is 44.4 Å². The van der Waals surface area contributed by atoms with Crippen molar-refractivity contribution in [3.8, 4) is 0 Å². The Morgan fingerprint density at radius 3 is 2.43 bits per heavy atom. The fourth-order valence-electron chi connectivity index (χ4n) is 3.18. The van der Waals surface area contributed by atoms with Crippen LogP contribution in [0.4, 0.5) is 11.4 Å². The third-order valence-corrected chi connectivity index (χ3v) is 5.02. The Kier molecular flexibility index (Phi) is 6.71. The number of halogens is 1. The quantitative estimate of drug-likeness (QED) is 0.774. The Bertz CT molecular complexity index is 859. The molecule has 2 amide bonds. The third kappa shape index (κ3) is 5.14. The van der Waals surface area contributed by atoms with Crippen molar-refractivity contribution in [3.05, 3.63) is 65.2 Å². The lowest BCUT2D eigenvalue weighted by molar-refractivity contribution is -0.131. The number of benzene rings is 2. The van der Waals surface area contributed by atoms with Gasteiger partial charge in [0.1, 0.15) is 0 Å². The molecule has 1 aliphatic rings. The van der Waals surface area contributed by atoms with Crippen LogP contribution in [-0.2, 0) is 9.59 Å². The standard InChI is InChI=1S/C22H24ClN3O2/c1-2-22(28)26-14-12-25(13-15-26)20-10-9-18(16-19(20)23)24-21(27)11-8-17-6-4-3-5-7-17/h3-11,16H,2,12-15H2,1H3,(H,24,27)/b11-8+. The van der Waals surface area contributed by atoms with Crippen LogP contribution in [0.15, 0.2) is 54.6 Å². The van der Waals surface area contributed by atoms with Crippen LogP contribution in [0.2, 0.25) is 5.02 Å². The molecule has 0 atom stereocenters. The lowest BCUT2D eigenvalue weighted by atomic mass is 10.2. The summed E-state index contributed by atoms with van der Waals surface area (Å²) in [6, 6.07) is 15.2. The van der Waals surface area contributed by atoms with E-state index < -0.39 is 0 Å². The molecule has 1 aliphatic heterocycles. The number of nitrogens with zero attached hydrogens (tertiary/aromatic N) is 2. The first-order chi connectivity index (χ1) is 13.6. The zero-order valence-electron chi connectivity index (χ0n) is 15.9. The predicted molar refractivity (Wildman–Crippen MR) is 115 cm³/mol. The number of hydrogen-bond donors (Lipinski definition) is 1. The Hall–Kier alpha value is -2.79. The van der Waals surface area contributed by atoms with Crippen molar-refractivity contribution in [1.29, 1.82) is 0 Å². The van der Waals surface area contributed by atoms with Crippen molar-refractivity contribution >= 4 is 40.9 Å².